The number of amides is 2. The number of thiophene rings is 1. The third kappa shape index (κ3) is 1.42. The van der Waals surface area contributed by atoms with E-state index < -0.39 is 6.04 Å². The van der Waals surface area contributed by atoms with Crippen LogP contribution in [-0.2, 0) is 4.79 Å². The zero-order valence-corrected chi connectivity index (χ0v) is 10.8. The number of fused-ring (bicyclic) bond motifs is 1. The largest absolute Gasteiger partial charge is 0.373 e. The summed E-state index contributed by atoms with van der Waals surface area (Å²) >= 11 is 1.49. The van der Waals surface area contributed by atoms with Gasteiger partial charge in [-0.15, -0.1) is 15.9 Å². The number of hydrogen-bond acceptors (Lipinski definition) is 4. The molecule has 2 atom stereocenters. The van der Waals surface area contributed by atoms with Gasteiger partial charge in [0.15, 0.2) is 11.0 Å². The summed E-state index contributed by atoms with van der Waals surface area (Å²) in [5, 5.41) is 5.46. The molecule has 2 amide bonds. The van der Waals surface area contributed by atoms with Gasteiger partial charge >= 0.3 is 5.91 Å². The van der Waals surface area contributed by atoms with E-state index in [-0.39, 0.29) is 16.4 Å². The SMILES string of the molecule is C=C1CCC([N+]2(C)Nc3sccc3C2=O)C(=O)N1. The first-order chi connectivity index (χ1) is 8.52. The predicted octanol–water partition coefficient (Wildman–Crippen LogP) is 1.47. The number of nitrogens with one attached hydrogen (secondary N) is 2. The van der Waals surface area contributed by atoms with Crippen molar-refractivity contribution in [1.29, 1.82) is 0 Å². The van der Waals surface area contributed by atoms with Gasteiger partial charge in [0.1, 0.15) is 5.56 Å². The Morgan fingerprint density at radius 3 is 2.94 bits per heavy atom. The van der Waals surface area contributed by atoms with Crippen molar-refractivity contribution >= 4 is 28.2 Å². The van der Waals surface area contributed by atoms with E-state index in [1.165, 1.54) is 11.3 Å². The van der Waals surface area contributed by atoms with Crippen LogP contribution in [0.2, 0.25) is 0 Å². The van der Waals surface area contributed by atoms with Crippen molar-refractivity contribution in [2.45, 2.75) is 18.9 Å². The normalized spacial score (nSPS) is 30.9. The van der Waals surface area contributed by atoms with Crippen LogP contribution in [0.15, 0.2) is 23.7 Å². The third-order valence-electron chi connectivity index (χ3n) is 3.60. The molecule has 0 saturated carbocycles. The van der Waals surface area contributed by atoms with Crippen LogP contribution in [-0.4, -0.2) is 29.5 Å². The molecular formula is C12H14N3O2S+. The van der Waals surface area contributed by atoms with Gasteiger partial charge in [0.2, 0.25) is 0 Å². The molecule has 0 aromatic carbocycles. The molecule has 1 fully saturated rings. The van der Waals surface area contributed by atoms with E-state index >= 15 is 0 Å². The Hall–Kier alpha value is -1.66. The van der Waals surface area contributed by atoms with Gasteiger partial charge in [-0.2, -0.15) is 0 Å². The Morgan fingerprint density at radius 1 is 1.50 bits per heavy atom. The van der Waals surface area contributed by atoms with Gasteiger partial charge in [-0.25, -0.2) is 10.2 Å². The van der Waals surface area contributed by atoms with Crippen LogP contribution < -0.4 is 10.7 Å². The second-order valence-corrected chi connectivity index (χ2v) is 5.72. The smallest absolute Gasteiger partial charge is 0.325 e. The molecule has 3 rings (SSSR count). The number of rotatable bonds is 1. The van der Waals surface area contributed by atoms with E-state index in [0.29, 0.717) is 18.4 Å². The Kier molecular flexibility index (Phi) is 2.33. The molecule has 3 heterocycles. The lowest BCUT2D eigenvalue weighted by Crippen LogP contribution is -2.63. The van der Waals surface area contributed by atoms with Gasteiger partial charge in [0.05, 0.1) is 7.05 Å². The maximum Gasteiger partial charge on any atom is 0.373 e. The highest BCUT2D eigenvalue weighted by molar-refractivity contribution is 7.14. The average Bonchev–Trinajstić information content (AvgIpc) is 2.83. The van der Waals surface area contributed by atoms with Gasteiger partial charge in [-0.05, 0) is 17.9 Å². The first-order valence-corrected chi connectivity index (χ1v) is 6.66. The molecule has 0 aliphatic carbocycles. The van der Waals surface area contributed by atoms with Gasteiger partial charge in [-0.1, -0.05) is 6.58 Å². The fourth-order valence-corrected chi connectivity index (χ4v) is 3.42. The molecule has 5 nitrogen and oxygen atoms in total. The van der Waals surface area contributed by atoms with Crippen LogP contribution in [0.5, 0.6) is 0 Å². The molecule has 2 N–H and O–H groups in total. The Bertz CT molecular complexity index is 565. The van der Waals surface area contributed by atoms with Crippen LogP contribution in [0.4, 0.5) is 5.00 Å². The fraction of sp³-hybridized carbons (Fsp3) is 0.333. The summed E-state index contributed by atoms with van der Waals surface area (Å²) in [6, 6.07) is 1.40. The molecule has 18 heavy (non-hydrogen) atoms. The topological polar surface area (TPSA) is 58.2 Å². The second-order valence-electron chi connectivity index (χ2n) is 4.80. The summed E-state index contributed by atoms with van der Waals surface area (Å²) in [7, 11) is 1.76. The molecule has 2 aliphatic rings. The summed E-state index contributed by atoms with van der Waals surface area (Å²) in [6.45, 7) is 3.75. The first-order valence-electron chi connectivity index (χ1n) is 5.78. The molecule has 1 aromatic heterocycles. The molecule has 2 aliphatic heterocycles. The fourth-order valence-electron chi connectivity index (χ4n) is 2.55. The maximum atomic E-state index is 12.4. The minimum atomic E-state index is -0.400. The number of carbonyl (C=O) groups excluding carboxylic acids is 2. The number of quaternary nitrogens is 1. The highest BCUT2D eigenvalue weighted by atomic mass is 32.1. The van der Waals surface area contributed by atoms with Crippen molar-refractivity contribution in [2.24, 2.45) is 0 Å². The minimum absolute atomic E-state index is 0.0427. The molecule has 0 radical (unpaired) electrons. The second kappa shape index (κ2) is 3.66. The van der Waals surface area contributed by atoms with E-state index in [9.17, 15) is 9.59 Å². The van der Waals surface area contributed by atoms with E-state index in [0.717, 1.165) is 10.7 Å². The average molecular weight is 264 g/mol. The number of nitrogens with zero attached hydrogens (tertiary/aromatic N) is 1. The summed E-state index contributed by atoms with van der Waals surface area (Å²) in [5.74, 6) is -0.177. The number of hydrogen-bond donors (Lipinski definition) is 2. The quantitative estimate of drug-likeness (QED) is 0.755. The standard InChI is InChI=1S/C12H13N3O2S/c1-7-3-4-9(10(16)13-7)15(2)12(17)8-5-6-18-11(8)14-15/h5-6,9H,1,3-4H2,2H3,(H-,13,14,16,17)/p+1. The summed E-state index contributed by atoms with van der Waals surface area (Å²) < 4.78 is -0.0683. The zero-order chi connectivity index (χ0) is 12.9. The lowest BCUT2D eigenvalue weighted by Gasteiger charge is -2.35. The third-order valence-corrected chi connectivity index (χ3v) is 4.42. The lowest BCUT2D eigenvalue weighted by atomic mass is 10.0. The van der Waals surface area contributed by atoms with E-state index in [1.54, 1.807) is 13.1 Å². The van der Waals surface area contributed by atoms with E-state index in [2.05, 4.69) is 17.3 Å². The van der Waals surface area contributed by atoms with Gasteiger partial charge < -0.3 is 5.32 Å². The molecule has 0 spiro atoms. The highest BCUT2D eigenvalue weighted by Gasteiger charge is 2.52. The maximum absolute atomic E-state index is 12.4. The van der Waals surface area contributed by atoms with Gasteiger partial charge in [-0.3, -0.25) is 4.79 Å². The van der Waals surface area contributed by atoms with Crippen LogP contribution in [0.1, 0.15) is 23.2 Å². The number of likely N-dealkylation sites (N-methyl/N-ethyl adjacent to an activating group) is 1. The number of carbonyl (C=O) groups is 2. The van der Waals surface area contributed by atoms with Gasteiger partial charge in [0.25, 0.3) is 5.91 Å². The zero-order valence-electron chi connectivity index (χ0n) is 10.0. The van der Waals surface area contributed by atoms with Crippen molar-refractivity contribution in [3.05, 3.63) is 29.3 Å². The van der Waals surface area contributed by atoms with Crippen LogP contribution in [0, 0.1) is 0 Å². The molecular weight excluding hydrogens is 250 g/mol. The van der Waals surface area contributed by atoms with Crippen LogP contribution in [0.25, 0.3) is 0 Å². The number of anilines is 1. The summed E-state index contributed by atoms with van der Waals surface area (Å²) in [5.41, 5.74) is 4.58. The summed E-state index contributed by atoms with van der Waals surface area (Å²) in [6.07, 6.45) is 1.35. The Morgan fingerprint density at radius 2 is 2.28 bits per heavy atom. The van der Waals surface area contributed by atoms with Crippen molar-refractivity contribution < 1.29 is 14.2 Å². The lowest BCUT2D eigenvalue weighted by molar-refractivity contribution is -0.820. The molecule has 0 bridgehead atoms. The molecule has 2 unspecified atom stereocenters. The molecule has 1 aromatic rings. The molecule has 94 valence electrons. The van der Waals surface area contributed by atoms with Crippen molar-refractivity contribution in [2.75, 3.05) is 12.5 Å². The molecule has 6 heteroatoms. The number of piperidine rings is 1. The minimum Gasteiger partial charge on any atom is -0.325 e. The van der Waals surface area contributed by atoms with Crippen LogP contribution in [0.3, 0.4) is 0 Å². The highest BCUT2D eigenvalue weighted by Crippen LogP contribution is 2.37. The number of allylic oxidation sites excluding steroid dienone is 1. The summed E-state index contributed by atoms with van der Waals surface area (Å²) in [4.78, 5) is 24.5. The predicted molar refractivity (Wildman–Crippen MR) is 68.8 cm³/mol. The van der Waals surface area contributed by atoms with Crippen LogP contribution >= 0.6 is 11.3 Å². The first kappa shape index (κ1) is 11.4. The monoisotopic (exact) mass is 264 g/mol. The van der Waals surface area contributed by atoms with E-state index in [4.69, 9.17) is 0 Å². The Balaban J connectivity index is 1.93. The molecule has 1 saturated heterocycles. The Labute approximate surface area is 109 Å². The van der Waals surface area contributed by atoms with E-state index in [1.807, 2.05) is 5.38 Å². The van der Waals surface area contributed by atoms with Crippen molar-refractivity contribution in [3.63, 3.8) is 0 Å². The van der Waals surface area contributed by atoms with Gasteiger partial charge in [0, 0.05) is 12.1 Å². The van der Waals surface area contributed by atoms with Crippen molar-refractivity contribution in [1.82, 2.24) is 5.32 Å². The van der Waals surface area contributed by atoms with Crippen molar-refractivity contribution in [3.8, 4) is 0 Å².